The standard InChI is InChI=1S/C15H25N3/c1-7-13(11(4)5)18-14-12(10(2)3)8-9-17-15(14)16-6/h7-11,13,18H,1H2,2-6H3,(H,16,17). The molecule has 0 aliphatic heterocycles. The minimum absolute atomic E-state index is 0.249. The molecule has 1 aromatic heterocycles. The summed E-state index contributed by atoms with van der Waals surface area (Å²) in [5, 5.41) is 6.71. The first-order valence-corrected chi connectivity index (χ1v) is 6.57. The van der Waals surface area contributed by atoms with Gasteiger partial charge in [-0.1, -0.05) is 33.8 Å². The Bertz CT molecular complexity index is 397. The first-order chi connectivity index (χ1) is 8.51. The summed E-state index contributed by atoms with van der Waals surface area (Å²) < 4.78 is 0. The van der Waals surface area contributed by atoms with Crippen LogP contribution in [0.15, 0.2) is 24.9 Å². The first kappa shape index (κ1) is 14.6. The third-order valence-electron chi connectivity index (χ3n) is 3.13. The molecule has 1 aromatic rings. The molecule has 0 bridgehead atoms. The van der Waals surface area contributed by atoms with E-state index in [2.05, 4.69) is 56.0 Å². The van der Waals surface area contributed by atoms with Crippen LogP contribution in [0, 0.1) is 5.92 Å². The Balaban J connectivity index is 3.15. The van der Waals surface area contributed by atoms with Gasteiger partial charge in [0.15, 0.2) is 0 Å². The van der Waals surface area contributed by atoms with Gasteiger partial charge in [-0.3, -0.25) is 0 Å². The average molecular weight is 247 g/mol. The Kier molecular flexibility index (Phi) is 5.20. The predicted octanol–water partition coefficient (Wildman–Crippen LogP) is 3.87. The molecule has 3 heteroatoms. The molecule has 1 atom stereocenters. The molecule has 0 aromatic carbocycles. The summed E-state index contributed by atoms with van der Waals surface area (Å²) in [6, 6.07) is 2.33. The van der Waals surface area contributed by atoms with Crippen LogP contribution in [0.1, 0.15) is 39.2 Å². The van der Waals surface area contributed by atoms with Crippen molar-refractivity contribution in [2.45, 2.75) is 39.7 Å². The highest BCUT2D eigenvalue weighted by atomic mass is 15.0. The monoisotopic (exact) mass is 247 g/mol. The highest BCUT2D eigenvalue weighted by molar-refractivity contribution is 5.69. The van der Waals surface area contributed by atoms with Crippen LogP contribution in [-0.4, -0.2) is 18.1 Å². The van der Waals surface area contributed by atoms with Crippen molar-refractivity contribution in [3.05, 3.63) is 30.5 Å². The maximum Gasteiger partial charge on any atom is 0.149 e. The second kappa shape index (κ2) is 6.43. The van der Waals surface area contributed by atoms with Crippen molar-refractivity contribution in [2.24, 2.45) is 5.92 Å². The molecular weight excluding hydrogens is 222 g/mol. The van der Waals surface area contributed by atoms with E-state index < -0.39 is 0 Å². The maximum absolute atomic E-state index is 4.38. The van der Waals surface area contributed by atoms with Gasteiger partial charge in [0.25, 0.3) is 0 Å². The van der Waals surface area contributed by atoms with E-state index in [1.807, 2.05) is 19.3 Å². The van der Waals surface area contributed by atoms with Crippen molar-refractivity contribution < 1.29 is 0 Å². The molecule has 0 spiro atoms. The molecule has 0 saturated carbocycles. The minimum Gasteiger partial charge on any atom is -0.375 e. The summed E-state index contributed by atoms with van der Waals surface area (Å²) in [4.78, 5) is 4.38. The lowest BCUT2D eigenvalue weighted by Crippen LogP contribution is -2.24. The lowest BCUT2D eigenvalue weighted by molar-refractivity contribution is 0.600. The number of hydrogen-bond donors (Lipinski definition) is 2. The minimum atomic E-state index is 0.249. The fraction of sp³-hybridized carbons (Fsp3) is 0.533. The zero-order valence-electron chi connectivity index (χ0n) is 12.1. The Labute approximate surface area is 111 Å². The molecule has 0 aliphatic carbocycles. The molecule has 18 heavy (non-hydrogen) atoms. The summed E-state index contributed by atoms with van der Waals surface area (Å²) in [5.41, 5.74) is 2.37. The van der Waals surface area contributed by atoms with Crippen LogP contribution >= 0.6 is 0 Å². The quantitative estimate of drug-likeness (QED) is 0.749. The van der Waals surface area contributed by atoms with E-state index in [0.717, 1.165) is 11.5 Å². The van der Waals surface area contributed by atoms with Gasteiger partial charge in [0.1, 0.15) is 5.82 Å². The fourth-order valence-electron chi connectivity index (χ4n) is 1.96. The van der Waals surface area contributed by atoms with E-state index in [-0.39, 0.29) is 6.04 Å². The van der Waals surface area contributed by atoms with Crippen molar-refractivity contribution in [1.82, 2.24) is 4.98 Å². The van der Waals surface area contributed by atoms with Gasteiger partial charge in [-0.2, -0.15) is 0 Å². The van der Waals surface area contributed by atoms with Gasteiger partial charge in [0.05, 0.1) is 5.69 Å². The second-order valence-corrected chi connectivity index (χ2v) is 5.18. The van der Waals surface area contributed by atoms with Crippen LogP contribution in [0.3, 0.4) is 0 Å². The Hall–Kier alpha value is -1.51. The smallest absolute Gasteiger partial charge is 0.149 e. The van der Waals surface area contributed by atoms with Crippen LogP contribution < -0.4 is 10.6 Å². The highest BCUT2D eigenvalue weighted by Gasteiger charge is 2.16. The molecule has 0 saturated heterocycles. The molecule has 0 fully saturated rings. The number of pyridine rings is 1. The Morgan fingerprint density at radius 3 is 2.39 bits per heavy atom. The molecule has 3 nitrogen and oxygen atoms in total. The number of aromatic nitrogens is 1. The molecule has 100 valence electrons. The molecule has 0 aliphatic rings. The lowest BCUT2D eigenvalue weighted by Gasteiger charge is -2.24. The summed E-state index contributed by atoms with van der Waals surface area (Å²) in [7, 11) is 1.90. The number of nitrogens with one attached hydrogen (secondary N) is 2. The van der Waals surface area contributed by atoms with Crippen molar-refractivity contribution in [3.8, 4) is 0 Å². The fourth-order valence-corrected chi connectivity index (χ4v) is 1.96. The SMILES string of the molecule is C=CC(Nc1c(C(C)C)ccnc1NC)C(C)C. The number of anilines is 2. The van der Waals surface area contributed by atoms with E-state index in [1.54, 1.807) is 0 Å². The summed E-state index contributed by atoms with van der Waals surface area (Å²) in [6.07, 6.45) is 3.81. The largest absolute Gasteiger partial charge is 0.375 e. The zero-order chi connectivity index (χ0) is 13.7. The van der Waals surface area contributed by atoms with E-state index in [0.29, 0.717) is 11.8 Å². The van der Waals surface area contributed by atoms with Crippen LogP contribution in [0.2, 0.25) is 0 Å². The lowest BCUT2D eigenvalue weighted by atomic mass is 9.99. The van der Waals surface area contributed by atoms with Crippen molar-refractivity contribution in [3.63, 3.8) is 0 Å². The van der Waals surface area contributed by atoms with E-state index in [9.17, 15) is 0 Å². The molecule has 0 radical (unpaired) electrons. The zero-order valence-corrected chi connectivity index (χ0v) is 12.1. The van der Waals surface area contributed by atoms with Crippen molar-refractivity contribution in [1.29, 1.82) is 0 Å². The van der Waals surface area contributed by atoms with Crippen molar-refractivity contribution >= 4 is 11.5 Å². The van der Waals surface area contributed by atoms with Gasteiger partial charge in [0, 0.05) is 19.3 Å². The first-order valence-electron chi connectivity index (χ1n) is 6.57. The molecule has 1 heterocycles. The van der Waals surface area contributed by atoms with Crippen LogP contribution in [0.5, 0.6) is 0 Å². The van der Waals surface area contributed by atoms with E-state index in [4.69, 9.17) is 0 Å². The summed E-state index contributed by atoms with van der Waals surface area (Å²) >= 11 is 0. The van der Waals surface area contributed by atoms with Crippen LogP contribution in [-0.2, 0) is 0 Å². The predicted molar refractivity (Wildman–Crippen MR) is 80.3 cm³/mol. The Morgan fingerprint density at radius 2 is 1.94 bits per heavy atom. The van der Waals surface area contributed by atoms with Crippen LogP contribution in [0.25, 0.3) is 0 Å². The molecule has 2 N–H and O–H groups in total. The van der Waals surface area contributed by atoms with Crippen molar-refractivity contribution in [2.75, 3.05) is 17.7 Å². The second-order valence-electron chi connectivity index (χ2n) is 5.18. The van der Waals surface area contributed by atoms with E-state index in [1.165, 1.54) is 5.56 Å². The van der Waals surface area contributed by atoms with E-state index >= 15 is 0 Å². The van der Waals surface area contributed by atoms with Gasteiger partial charge in [-0.15, -0.1) is 6.58 Å². The average Bonchev–Trinajstić information content (AvgIpc) is 2.34. The highest BCUT2D eigenvalue weighted by Crippen LogP contribution is 2.30. The normalized spacial score (nSPS) is 12.6. The molecule has 0 amide bonds. The number of hydrogen-bond acceptors (Lipinski definition) is 3. The van der Waals surface area contributed by atoms with Gasteiger partial charge < -0.3 is 10.6 Å². The third kappa shape index (κ3) is 3.25. The molecular formula is C15H25N3. The topological polar surface area (TPSA) is 37.0 Å². The molecule has 1 unspecified atom stereocenters. The molecule has 1 rings (SSSR count). The Morgan fingerprint density at radius 1 is 1.28 bits per heavy atom. The van der Waals surface area contributed by atoms with Gasteiger partial charge >= 0.3 is 0 Å². The number of rotatable bonds is 6. The van der Waals surface area contributed by atoms with Gasteiger partial charge in [-0.25, -0.2) is 4.98 Å². The third-order valence-corrected chi connectivity index (χ3v) is 3.13. The van der Waals surface area contributed by atoms with Gasteiger partial charge in [-0.05, 0) is 23.5 Å². The van der Waals surface area contributed by atoms with Crippen LogP contribution in [0.4, 0.5) is 11.5 Å². The van der Waals surface area contributed by atoms with Gasteiger partial charge in [0.2, 0.25) is 0 Å². The summed E-state index contributed by atoms with van der Waals surface area (Å²) in [6.45, 7) is 12.7. The number of nitrogens with zero attached hydrogens (tertiary/aromatic N) is 1. The summed E-state index contributed by atoms with van der Waals surface area (Å²) in [5.74, 6) is 1.85. The maximum atomic E-state index is 4.38.